The Morgan fingerprint density at radius 2 is 0.722 bits per heavy atom. The molecule has 0 saturated heterocycles. The number of nitrogens with zero attached hydrogens (tertiary/aromatic N) is 1. The summed E-state index contributed by atoms with van der Waals surface area (Å²) in [6, 6.07) is 96.9. The molecule has 0 amide bonds. The van der Waals surface area contributed by atoms with E-state index in [-0.39, 0.29) is 5.41 Å². The van der Waals surface area contributed by atoms with Gasteiger partial charge < -0.3 is 4.90 Å². The van der Waals surface area contributed by atoms with Crippen LogP contribution in [0, 0.1) is 0 Å². The van der Waals surface area contributed by atoms with E-state index in [2.05, 4.69) is 280 Å². The third-order valence-corrected chi connectivity index (χ3v) is 15.6. The maximum Gasteiger partial charge on any atom is 0.0468 e. The maximum absolute atomic E-state index is 2.47. The molecule has 0 aromatic heterocycles. The molecule has 0 fully saturated rings. The van der Waals surface area contributed by atoms with Crippen LogP contribution in [0.5, 0.6) is 0 Å². The monoisotopic (exact) mass is 915 g/mol. The van der Waals surface area contributed by atoms with Gasteiger partial charge in [-0.2, -0.15) is 0 Å². The Morgan fingerprint density at radius 1 is 0.264 bits per heavy atom. The van der Waals surface area contributed by atoms with E-state index in [4.69, 9.17) is 0 Å². The Kier molecular flexibility index (Phi) is 9.63. The van der Waals surface area contributed by atoms with Gasteiger partial charge in [-0.05, 0) is 175 Å². The molecule has 0 heterocycles. The lowest BCUT2D eigenvalue weighted by Gasteiger charge is -2.28. The minimum atomic E-state index is -0.249. The smallest absolute Gasteiger partial charge is 0.0468 e. The predicted octanol–water partition coefficient (Wildman–Crippen LogP) is 19.9. The highest BCUT2D eigenvalue weighted by atomic mass is 15.1. The van der Waals surface area contributed by atoms with E-state index < -0.39 is 0 Å². The van der Waals surface area contributed by atoms with Gasteiger partial charge in [0.2, 0.25) is 0 Å². The van der Waals surface area contributed by atoms with E-state index in [0.717, 1.165) is 17.1 Å². The molecule has 0 spiro atoms. The van der Waals surface area contributed by atoms with Gasteiger partial charge in [0.05, 0.1) is 0 Å². The molecule has 0 aliphatic heterocycles. The number of hydrogen-bond acceptors (Lipinski definition) is 1. The van der Waals surface area contributed by atoms with E-state index >= 15 is 0 Å². The standard InChI is InChI=1S/C71H49N/c1-71(2)66-43-54(32-37-59(66)60-39-36-57(44-67(60)71)72(55-34-30-46-18-12-14-26-51(46)40-55)56-35-31-47-19-13-15-27-52(47)41-56)53-33-38-62-65(42-53)58-28-16-17-29-61(58)69-64(49-22-8-4-9-23-49)45-63(48-20-6-3-7-21-48)68(70(62)69)50-24-10-5-11-25-50/h3-45H,1-2H3. The van der Waals surface area contributed by atoms with Crippen LogP contribution in [0.15, 0.2) is 261 Å². The third-order valence-electron chi connectivity index (χ3n) is 15.6. The molecule has 1 nitrogen and oxygen atoms in total. The fraction of sp³-hybridized carbons (Fsp3) is 0.0423. The van der Waals surface area contributed by atoms with Crippen molar-refractivity contribution in [3.8, 4) is 55.6 Å². The first kappa shape index (κ1) is 41.9. The molecule has 1 aliphatic carbocycles. The first-order chi connectivity index (χ1) is 35.5. The largest absolute Gasteiger partial charge is 0.310 e. The summed E-state index contributed by atoms with van der Waals surface area (Å²) in [6.07, 6.45) is 0. The lowest BCUT2D eigenvalue weighted by Crippen LogP contribution is -2.16. The van der Waals surface area contributed by atoms with Crippen LogP contribution in [0.25, 0.3) is 109 Å². The SMILES string of the molecule is CC1(C)c2cc(-c3ccc4c(c3)c3ccccc3c3c(-c5ccccc5)cc(-c5ccccc5)c(-c5ccccc5)c43)ccc2-c2ccc(N(c3ccc4ccccc4c3)c3ccc4ccccc4c3)cc21. The van der Waals surface area contributed by atoms with Gasteiger partial charge in [-0.25, -0.2) is 0 Å². The van der Waals surface area contributed by atoms with Crippen LogP contribution < -0.4 is 4.90 Å². The first-order valence-electron chi connectivity index (χ1n) is 25.2. The lowest BCUT2D eigenvalue weighted by atomic mass is 9.80. The van der Waals surface area contributed by atoms with Crippen LogP contribution >= 0.6 is 0 Å². The van der Waals surface area contributed by atoms with E-state index in [1.165, 1.54) is 121 Å². The summed E-state index contributed by atoms with van der Waals surface area (Å²) in [5.74, 6) is 0. The van der Waals surface area contributed by atoms with Gasteiger partial charge in [-0.3, -0.25) is 0 Å². The average Bonchev–Trinajstić information content (AvgIpc) is 3.67. The second-order valence-electron chi connectivity index (χ2n) is 20.0. The molecule has 0 bridgehead atoms. The van der Waals surface area contributed by atoms with Gasteiger partial charge in [-0.1, -0.05) is 220 Å². The summed E-state index contributed by atoms with van der Waals surface area (Å²) in [5.41, 5.74) is 18.3. The second kappa shape index (κ2) is 16.5. The number of benzene rings is 13. The molecular weight excluding hydrogens is 867 g/mol. The lowest BCUT2D eigenvalue weighted by molar-refractivity contribution is 0.660. The van der Waals surface area contributed by atoms with Crippen molar-refractivity contribution >= 4 is 70.9 Å². The Labute approximate surface area is 420 Å². The van der Waals surface area contributed by atoms with E-state index in [9.17, 15) is 0 Å². The highest BCUT2D eigenvalue weighted by molar-refractivity contribution is 6.33. The van der Waals surface area contributed by atoms with Gasteiger partial charge in [0.1, 0.15) is 0 Å². The first-order valence-corrected chi connectivity index (χ1v) is 25.2. The van der Waals surface area contributed by atoms with Crippen LogP contribution in [0.2, 0.25) is 0 Å². The van der Waals surface area contributed by atoms with Crippen LogP contribution in [0.4, 0.5) is 17.1 Å². The van der Waals surface area contributed by atoms with Crippen molar-refractivity contribution in [1.29, 1.82) is 0 Å². The van der Waals surface area contributed by atoms with Crippen LogP contribution in [-0.2, 0) is 5.41 Å². The summed E-state index contributed by atoms with van der Waals surface area (Å²) in [7, 11) is 0. The molecule has 1 aliphatic rings. The Morgan fingerprint density at radius 3 is 1.36 bits per heavy atom. The zero-order valence-corrected chi connectivity index (χ0v) is 40.3. The number of hydrogen-bond donors (Lipinski definition) is 0. The molecule has 13 aromatic carbocycles. The predicted molar refractivity (Wildman–Crippen MR) is 308 cm³/mol. The van der Waals surface area contributed by atoms with E-state index in [1.54, 1.807) is 0 Å². The zero-order chi connectivity index (χ0) is 47.9. The van der Waals surface area contributed by atoms with Crippen molar-refractivity contribution in [1.82, 2.24) is 0 Å². The van der Waals surface area contributed by atoms with Crippen molar-refractivity contribution in [3.63, 3.8) is 0 Å². The summed E-state index contributed by atoms with van der Waals surface area (Å²) in [6.45, 7) is 4.81. The zero-order valence-electron chi connectivity index (χ0n) is 40.3. The fourth-order valence-corrected chi connectivity index (χ4v) is 12.1. The van der Waals surface area contributed by atoms with E-state index in [1.807, 2.05) is 0 Å². The molecule has 0 saturated carbocycles. The van der Waals surface area contributed by atoms with Crippen LogP contribution in [0.3, 0.4) is 0 Å². The Bertz CT molecular complexity index is 4200. The van der Waals surface area contributed by atoms with Crippen molar-refractivity contribution < 1.29 is 0 Å². The third kappa shape index (κ3) is 6.69. The highest BCUT2D eigenvalue weighted by Gasteiger charge is 2.36. The minimum absolute atomic E-state index is 0.249. The summed E-state index contributed by atoms with van der Waals surface area (Å²) < 4.78 is 0. The fourth-order valence-electron chi connectivity index (χ4n) is 12.1. The number of anilines is 3. The Balaban J connectivity index is 0.936. The second-order valence-corrected chi connectivity index (χ2v) is 20.0. The van der Waals surface area contributed by atoms with Gasteiger partial charge in [0.25, 0.3) is 0 Å². The van der Waals surface area contributed by atoms with E-state index in [0.29, 0.717) is 0 Å². The topological polar surface area (TPSA) is 3.24 Å². The summed E-state index contributed by atoms with van der Waals surface area (Å²) in [5, 5.41) is 12.5. The highest BCUT2D eigenvalue weighted by Crippen LogP contribution is 2.53. The molecule has 338 valence electrons. The van der Waals surface area contributed by atoms with Crippen molar-refractivity contribution in [2.24, 2.45) is 0 Å². The molecular formula is C71H49N. The van der Waals surface area contributed by atoms with Crippen molar-refractivity contribution in [3.05, 3.63) is 272 Å². The number of rotatable bonds is 7. The van der Waals surface area contributed by atoms with Gasteiger partial charge >= 0.3 is 0 Å². The summed E-state index contributed by atoms with van der Waals surface area (Å²) in [4.78, 5) is 2.43. The van der Waals surface area contributed by atoms with Gasteiger partial charge in [-0.15, -0.1) is 0 Å². The minimum Gasteiger partial charge on any atom is -0.310 e. The van der Waals surface area contributed by atoms with Crippen molar-refractivity contribution in [2.75, 3.05) is 4.90 Å². The normalized spacial score (nSPS) is 12.7. The molecule has 0 N–H and O–H groups in total. The van der Waals surface area contributed by atoms with Crippen LogP contribution in [0.1, 0.15) is 25.0 Å². The average molecular weight is 916 g/mol. The molecule has 0 atom stereocenters. The molecule has 13 aromatic rings. The maximum atomic E-state index is 2.47. The molecule has 14 rings (SSSR count). The summed E-state index contributed by atoms with van der Waals surface area (Å²) >= 11 is 0. The molecule has 1 heteroatoms. The Hall–Kier alpha value is -9.04. The van der Waals surface area contributed by atoms with Gasteiger partial charge in [0.15, 0.2) is 0 Å². The molecule has 0 radical (unpaired) electrons. The number of fused-ring (bicyclic) bond motifs is 11. The molecule has 72 heavy (non-hydrogen) atoms. The quantitative estimate of drug-likeness (QED) is 0.144. The van der Waals surface area contributed by atoms with Crippen LogP contribution in [-0.4, -0.2) is 0 Å². The van der Waals surface area contributed by atoms with Gasteiger partial charge in [0, 0.05) is 22.5 Å². The molecule has 0 unspecified atom stereocenters. The van der Waals surface area contributed by atoms with Crippen molar-refractivity contribution in [2.45, 2.75) is 19.3 Å².